The maximum Gasteiger partial charge on any atom is 0.190 e. The van der Waals surface area contributed by atoms with E-state index in [-0.39, 0.29) is 29.0 Å². The SMILES string of the molecule is C[C@]12C=CC(=O)C=C1CC[C@@H]1C2C(O)C[C@@]2(C)[C@@H]1CC[C@]2(O)C(=O)CO. The molecule has 0 radical (unpaired) electrons. The van der Waals surface area contributed by atoms with Crippen molar-refractivity contribution in [1.29, 1.82) is 0 Å². The third-order valence-electron chi connectivity index (χ3n) is 8.25. The van der Waals surface area contributed by atoms with E-state index in [1.165, 1.54) is 0 Å². The standard InChI is InChI=1S/C21H28O5/c1-19-7-5-13(23)9-12(19)3-4-14-15-6-8-21(26,17(25)11-22)20(15,2)10-16(24)18(14)19/h5,7,9,14-16,18,22,24,26H,3-4,6,8,10-11H2,1-2H3/t14-,15+,16?,18?,19-,20-,21-/m0/s1. The van der Waals surface area contributed by atoms with Crippen molar-refractivity contribution in [3.63, 3.8) is 0 Å². The van der Waals surface area contributed by atoms with Crippen LogP contribution in [0.4, 0.5) is 0 Å². The van der Waals surface area contributed by atoms with E-state index in [1.807, 2.05) is 13.0 Å². The minimum Gasteiger partial charge on any atom is -0.393 e. The molecule has 7 atom stereocenters. The molecular formula is C21H28O5. The molecule has 5 nitrogen and oxygen atoms in total. The molecule has 0 amide bonds. The maximum atomic E-state index is 12.4. The highest BCUT2D eigenvalue weighted by Crippen LogP contribution is 2.67. The number of rotatable bonds is 2. The Balaban J connectivity index is 1.75. The third kappa shape index (κ3) is 2.08. The Morgan fingerprint density at radius 1 is 1.31 bits per heavy atom. The van der Waals surface area contributed by atoms with Crippen LogP contribution in [0.2, 0.25) is 0 Å². The van der Waals surface area contributed by atoms with Crippen LogP contribution in [-0.2, 0) is 9.59 Å². The zero-order valence-electron chi connectivity index (χ0n) is 15.4. The topological polar surface area (TPSA) is 94.8 Å². The Kier molecular flexibility index (Phi) is 3.89. The van der Waals surface area contributed by atoms with Crippen LogP contribution in [-0.4, -0.2) is 45.2 Å². The van der Waals surface area contributed by atoms with Gasteiger partial charge in [0.1, 0.15) is 12.2 Å². The second-order valence-electron chi connectivity index (χ2n) is 9.19. The van der Waals surface area contributed by atoms with Crippen LogP contribution in [0.1, 0.15) is 46.0 Å². The summed E-state index contributed by atoms with van der Waals surface area (Å²) in [6, 6.07) is 0. The van der Waals surface area contributed by atoms with E-state index in [2.05, 4.69) is 6.92 Å². The summed E-state index contributed by atoms with van der Waals surface area (Å²) in [5, 5.41) is 31.7. The Labute approximate surface area is 153 Å². The van der Waals surface area contributed by atoms with Gasteiger partial charge in [-0.3, -0.25) is 9.59 Å². The summed E-state index contributed by atoms with van der Waals surface area (Å²) in [5.41, 5.74) is -1.54. The number of carbonyl (C=O) groups excluding carboxylic acids is 2. The van der Waals surface area contributed by atoms with Gasteiger partial charge in [-0.05, 0) is 56.1 Å². The van der Waals surface area contributed by atoms with Gasteiger partial charge in [-0.15, -0.1) is 0 Å². The molecule has 0 aromatic heterocycles. The van der Waals surface area contributed by atoms with Crippen LogP contribution >= 0.6 is 0 Å². The molecule has 4 aliphatic rings. The molecule has 0 aromatic rings. The summed E-state index contributed by atoms with van der Waals surface area (Å²) >= 11 is 0. The maximum absolute atomic E-state index is 12.4. The third-order valence-corrected chi connectivity index (χ3v) is 8.25. The fraction of sp³-hybridized carbons (Fsp3) is 0.714. The number of hydrogen-bond donors (Lipinski definition) is 3. The number of ketones is 2. The Morgan fingerprint density at radius 2 is 2.04 bits per heavy atom. The van der Waals surface area contributed by atoms with E-state index in [0.29, 0.717) is 12.8 Å². The van der Waals surface area contributed by atoms with Gasteiger partial charge in [0.25, 0.3) is 0 Å². The number of aliphatic hydroxyl groups is 3. The molecule has 3 N–H and O–H groups in total. The van der Waals surface area contributed by atoms with Gasteiger partial charge in [0.15, 0.2) is 11.6 Å². The zero-order valence-corrected chi connectivity index (χ0v) is 15.4. The van der Waals surface area contributed by atoms with Crippen molar-refractivity contribution in [2.45, 2.75) is 57.7 Å². The van der Waals surface area contributed by atoms with Crippen LogP contribution in [0.3, 0.4) is 0 Å². The first-order chi connectivity index (χ1) is 12.2. The minimum atomic E-state index is -1.56. The first-order valence-electron chi connectivity index (χ1n) is 9.66. The highest BCUT2D eigenvalue weighted by atomic mass is 16.3. The van der Waals surface area contributed by atoms with E-state index < -0.39 is 29.5 Å². The molecule has 0 aromatic carbocycles. The molecule has 4 rings (SSSR count). The summed E-state index contributed by atoms with van der Waals surface area (Å²) in [7, 11) is 0. The molecule has 4 aliphatic carbocycles. The van der Waals surface area contributed by atoms with Gasteiger partial charge in [-0.25, -0.2) is 0 Å². The Bertz CT molecular complexity index is 724. The van der Waals surface area contributed by atoms with E-state index in [1.54, 1.807) is 12.2 Å². The lowest BCUT2D eigenvalue weighted by molar-refractivity contribution is -0.178. The Hall–Kier alpha value is -1.30. The summed E-state index contributed by atoms with van der Waals surface area (Å²) in [5.74, 6) is -0.227. The molecule has 26 heavy (non-hydrogen) atoms. The molecular weight excluding hydrogens is 332 g/mol. The molecule has 2 unspecified atom stereocenters. The van der Waals surface area contributed by atoms with Gasteiger partial charge in [-0.1, -0.05) is 25.5 Å². The van der Waals surface area contributed by atoms with Gasteiger partial charge in [0.2, 0.25) is 0 Å². The number of hydrogen-bond acceptors (Lipinski definition) is 5. The number of aliphatic hydroxyl groups excluding tert-OH is 2. The van der Waals surface area contributed by atoms with Crippen molar-refractivity contribution in [2.24, 2.45) is 28.6 Å². The molecule has 0 bridgehead atoms. The van der Waals surface area contributed by atoms with Gasteiger partial charge in [0.05, 0.1) is 6.10 Å². The molecule has 3 saturated carbocycles. The number of carbonyl (C=O) groups is 2. The molecule has 5 heteroatoms. The summed E-state index contributed by atoms with van der Waals surface area (Å²) in [6.07, 6.45) is 7.68. The normalized spacial score (nSPS) is 49.9. The first kappa shape index (κ1) is 18.1. The second-order valence-corrected chi connectivity index (χ2v) is 9.19. The van der Waals surface area contributed by atoms with Crippen LogP contribution in [0.5, 0.6) is 0 Å². The minimum absolute atomic E-state index is 0.00912. The van der Waals surface area contributed by atoms with Gasteiger partial charge in [-0.2, -0.15) is 0 Å². The van der Waals surface area contributed by atoms with Crippen molar-refractivity contribution in [1.82, 2.24) is 0 Å². The lowest BCUT2D eigenvalue weighted by Gasteiger charge is -2.59. The molecule has 3 fully saturated rings. The quantitative estimate of drug-likeness (QED) is 0.695. The molecule has 0 heterocycles. The van der Waals surface area contributed by atoms with Crippen molar-refractivity contribution < 1.29 is 24.9 Å². The smallest absolute Gasteiger partial charge is 0.190 e. The highest BCUT2D eigenvalue weighted by molar-refractivity contribution is 6.01. The fourth-order valence-corrected chi connectivity index (χ4v) is 6.92. The fourth-order valence-electron chi connectivity index (χ4n) is 6.92. The largest absolute Gasteiger partial charge is 0.393 e. The van der Waals surface area contributed by atoms with Crippen molar-refractivity contribution in [3.05, 3.63) is 23.8 Å². The lowest BCUT2D eigenvalue weighted by atomic mass is 9.46. The summed E-state index contributed by atoms with van der Waals surface area (Å²) in [4.78, 5) is 24.2. The molecule has 142 valence electrons. The lowest BCUT2D eigenvalue weighted by Crippen LogP contribution is -2.61. The van der Waals surface area contributed by atoms with Gasteiger partial charge in [0, 0.05) is 16.7 Å². The van der Waals surface area contributed by atoms with Crippen molar-refractivity contribution >= 4 is 11.6 Å². The molecule has 0 spiro atoms. The average molecular weight is 360 g/mol. The van der Waals surface area contributed by atoms with E-state index in [0.717, 1.165) is 24.8 Å². The van der Waals surface area contributed by atoms with E-state index in [9.17, 15) is 24.9 Å². The van der Waals surface area contributed by atoms with Crippen LogP contribution in [0, 0.1) is 28.6 Å². The monoisotopic (exact) mass is 360 g/mol. The molecule has 0 aliphatic heterocycles. The van der Waals surface area contributed by atoms with Gasteiger partial charge >= 0.3 is 0 Å². The molecule has 0 saturated heterocycles. The Morgan fingerprint density at radius 3 is 2.73 bits per heavy atom. The predicted molar refractivity (Wildman–Crippen MR) is 95.0 cm³/mol. The van der Waals surface area contributed by atoms with Crippen molar-refractivity contribution in [2.75, 3.05) is 6.61 Å². The summed E-state index contributed by atoms with van der Waals surface area (Å²) < 4.78 is 0. The predicted octanol–water partition coefficient (Wildman–Crippen LogP) is 1.56. The zero-order chi connectivity index (χ0) is 18.9. The van der Waals surface area contributed by atoms with Gasteiger partial charge < -0.3 is 15.3 Å². The average Bonchev–Trinajstić information content (AvgIpc) is 2.86. The second kappa shape index (κ2) is 5.60. The van der Waals surface area contributed by atoms with Crippen molar-refractivity contribution in [3.8, 4) is 0 Å². The number of allylic oxidation sites excluding steroid dienone is 4. The van der Waals surface area contributed by atoms with E-state index >= 15 is 0 Å². The van der Waals surface area contributed by atoms with Crippen LogP contribution < -0.4 is 0 Å². The van der Waals surface area contributed by atoms with Crippen LogP contribution in [0.25, 0.3) is 0 Å². The van der Waals surface area contributed by atoms with Crippen LogP contribution in [0.15, 0.2) is 23.8 Å². The number of fused-ring (bicyclic) bond motifs is 5. The summed E-state index contributed by atoms with van der Waals surface area (Å²) in [6.45, 7) is 3.34. The first-order valence-corrected chi connectivity index (χ1v) is 9.66. The highest BCUT2D eigenvalue weighted by Gasteiger charge is 2.67. The number of Topliss-reactive ketones (excluding diaryl/α,β-unsaturated/α-hetero) is 1. The van der Waals surface area contributed by atoms with E-state index in [4.69, 9.17) is 0 Å².